The van der Waals surface area contributed by atoms with Crippen LogP contribution in [0.5, 0.6) is 0 Å². The van der Waals surface area contributed by atoms with Crippen LogP contribution >= 0.6 is 0 Å². The summed E-state index contributed by atoms with van der Waals surface area (Å²) in [5.74, 6) is 1.40. The van der Waals surface area contributed by atoms with Crippen LogP contribution in [-0.4, -0.2) is 35.5 Å². The first-order valence-corrected chi connectivity index (χ1v) is 7.85. The molecule has 2 fully saturated rings. The van der Waals surface area contributed by atoms with Gasteiger partial charge >= 0.3 is 6.03 Å². The van der Waals surface area contributed by atoms with Gasteiger partial charge in [-0.2, -0.15) is 0 Å². The Labute approximate surface area is 124 Å². The number of aliphatic hydroxyl groups excluding tert-OH is 1. The molecule has 2 heterocycles. The van der Waals surface area contributed by atoms with Crippen LogP contribution in [0, 0.1) is 0 Å². The molecule has 116 valence electrons. The topological polar surface area (TPSA) is 78.6 Å². The molecule has 1 saturated heterocycles. The Morgan fingerprint density at radius 3 is 2.90 bits per heavy atom. The van der Waals surface area contributed by atoms with E-state index in [1.165, 1.54) is 24.2 Å². The molecule has 1 atom stereocenters. The maximum atomic E-state index is 11.9. The minimum atomic E-state index is -0.264. The maximum Gasteiger partial charge on any atom is 0.323 e. The Bertz CT molecular complexity index is 508. The molecule has 1 saturated carbocycles. The van der Waals surface area contributed by atoms with Crippen molar-refractivity contribution in [3.05, 3.63) is 11.8 Å². The van der Waals surface area contributed by atoms with Gasteiger partial charge < -0.3 is 14.9 Å². The van der Waals surface area contributed by atoms with E-state index in [-0.39, 0.29) is 24.1 Å². The van der Waals surface area contributed by atoms with Gasteiger partial charge in [0.05, 0.1) is 12.6 Å². The standard InChI is InChI=1S/C15H23N3O3/c1-2-15(6-4-3-5-7-15)12-8-13(17-21-12)18-11(10-19)9-16-14(18)20/h8,11,19H,2-7,9-10H2,1H3,(H,16,20). The molecule has 2 amide bonds. The third-order valence-electron chi connectivity index (χ3n) is 5.04. The van der Waals surface area contributed by atoms with E-state index in [1.807, 2.05) is 6.07 Å². The molecule has 0 aromatic carbocycles. The van der Waals surface area contributed by atoms with Gasteiger partial charge in [-0.3, -0.25) is 4.90 Å². The molecule has 1 aromatic heterocycles. The van der Waals surface area contributed by atoms with Gasteiger partial charge in [0.1, 0.15) is 5.76 Å². The van der Waals surface area contributed by atoms with Gasteiger partial charge in [0.15, 0.2) is 5.82 Å². The van der Waals surface area contributed by atoms with E-state index < -0.39 is 0 Å². The first-order chi connectivity index (χ1) is 10.2. The second-order valence-corrected chi connectivity index (χ2v) is 6.14. The van der Waals surface area contributed by atoms with Gasteiger partial charge in [0.2, 0.25) is 0 Å². The highest BCUT2D eigenvalue weighted by molar-refractivity contribution is 5.94. The number of amides is 2. The number of nitrogens with one attached hydrogen (secondary N) is 1. The number of hydrogen-bond donors (Lipinski definition) is 2. The Balaban J connectivity index is 1.87. The molecule has 0 radical (unpaired) electrons. The molecule has 0 bridgehead atoms. The molecule has 1 aromatic rings. The summed E-state index contributed by atoms with van der Waals surface area (Å²) >= 11 is 0. The number of carbonyl (C=O) groups excluding carboxylic acids is 1. The molecule has 2 N–H and O–H groups in total. The Morgan fingerprint density at radius 1 is 1.48 bits per heavy atom. The van der Waals surface area contributed by atoms with E-state index in [1.54, 1.807) is 0 Å². The maximum absolute atomic E-state index is 11.9. The lowest BCUT2D eigenvalue weighted by Gasteiger charge is -2.33. The zero-order valence-electron chi connectivity index (χ0n) is 12.5. The molecule has 3 rings (SSSR count). The lowest BCUT2D eigenvalue weighted by atomic mass is 9.70. The first-order valence-electron chi connectivity index (χ1n) is 7.85. The lowest BCUT2D eigenvalue weighted by molar-refractivity contribution is 0.215. The van der Waals surface area contributed by atoms with E-state index >= 15 is 0 Å². The smallest absolute Gasteiger partial charge is 0.323 e. The molecule has 2 aliphatic rings. The SMILES string of the molecule is CCC1(c2cc(N3C(=O)NCC3CO)no2)CCCCC1. The van der Waals surface area contributed by atoms with E-state index in [2.05, 4.69) is 17.4 Å². The Kier molecular flexibility index (Phi) is 3.89. The molecule has 6 nitrogen and oxygen atoms in total. The van der Waals surface area contributed by atoms with Crippen LogP contribution in [0.15, 0.2) is 10.6 Å². The van der Waals surface area contributed by atoms with Crippen molar-refractivity contribution in [1.29, 1.82) is 0 Å². The molecule has 0 spiro atoms. The van der Waals surface area contributed by atoms with Crippen LogP contribution in [0.2, 0.25) is 0 Å². The zero-order chi connectivity index (χ0) is 14.9. The molecule has 1 unspecified atom stereocenters. The summed E-state index contributed by atoms with van der Waals surface area (Å²) in [5.41, 5.74) is 0.0639. The van der Waals surface area contributed by atoms with Gasteiger partial charge in [0.25, 0.3) is 0 Å². The third kappa shape index (κ3) is 2.41. The number of anilines is 1. The highest BCUT2D eigenvalue weighted by Crippen LogP contribution is 2.43. The number of carbonyl (C=O) groups is 1. The minimum Gasteiger partial charge on any atom is -0.394 e. The summed E-state index contributed by atoms with van der Waals surface area (Å²) in [7, 11) is 0. The summed E-state index contributed by atoms with van der Waals surface area (Å²) in [6, 6.07) is 1.41. The fourth-order valence-corrected chi connectivity index (χ4v) is 3.62. The summed E-state index contributed by atoms with van der Waals surface area (Å²) in [6.07, 6.45) is 6.98. The van der Waals surface area contributed by atoms with Crippen molar-refractivity contribution in [2.45, 2.75) is 56.9 Å². The highest BCUT2D eigenvalue weighted by atomic mass is 16.5. The van der Waals surface area contributed by atoms with Crippen LogP contribution in [-0.2, 0) is 5.41 Å². The van der Waals surface area contributed by atoms with Crippen LogP contribution < -0.4 is 10.2 Å². The zero-order valence-corrected chi connectivity index (χ0v) is 12.5. The lowest BCUT2D eigenvalue weighted by Crippen LogP contribution is -2.36. The molecule has 1 aliphatic carbocycles. The number of aliphatic hydroxyl groups is 1. The second kappa shape index (κ2) is 5.67. The first kappa shape index (κ1) is 14.4. The van der Waals surface area contributed by atoms with E-state index in [0.29, 0.717) is 12.4 Å². The van der Waals surface area contributed by atoms with Gasteiger partial charge in [-0.15, -0.1) is 0 Å². The quantitative estimate of drug-likeness (QED) is 0.892. The molecule has 1 aliphatic heterocycles. The summed E-state index contributed by atoms with van der Waals surface area (Å²) < 4.78 is 5.60. The van der Waals surface area contributed by atoms with E-state index in [0.717, 1.165) is 25.0 Å². The minimum absolute atomic E-state index is 0.0639. The van der Waals surface area contributed by atoms with Crippen molar-refractivity contribution in [3.8, 4) is 0 Å². The normalized spacial score (nSPS) is 25.1. The summed E-state index contributed by atoms with van der Waals surface area (Å²) in [4.78, 5) is 13.4. The Hall–Kier alpha value is -1.56. The monoisotopic (exact) mass is 293 g/mol. The second-order valence-electron chi connectivity index (χ2n) is 6.14. The van der Waals surface area contributed by atoms with Crippen molar-refractivity contribution in [2.24, 2.45) is 0 Å². The molecular weight excluding hydrogens is 270 g/mol. The van der Waals surface area contributed by atoms with Crippen molar-refractivity contribution >= 4 is 11.8 Å². The van der Waals surface area contributed by atoms with Gasteiger partial charge in [-0.25, -0.2) is 4.79 Å². The average Bonchev–Trinajstić information content (AvgIpc) is 3.14. The largest absolute Gasteiger partial charge is 0.394 e. The van der Waals surface area contributed by atoms with Crippen LogP contribution in [0.25, 0.3) is 0 Å². The number of aromatic nitrogens is 1. The summed E-state index contributed by atoms with van der Waals surface area (Å²) in [6.45, 7) is 2.54. The number of urea groups is 1. The number of rotatable bonds is 4. The Morgan fingerprint density at radius 2 is 2.24 bits per heavy atom. The fourth-order valence-electron chi connectivity index (χ4n) is 3.62. The van der Waals surface area contributed by atoms with Crippen molar-refractivity contribution in [1.82, 2.24) is 10.5 Å². The summed E-state index contributed by atoms with van der Waals surface area (Å²) in [5, 5.41) is 16.2. The molecule has 21 heavy (non-hydrogen) atoms. The van der Waals surface area contributed by atoms with Gasteiger partial charge in [-0.05, 0) is 19.3 Å². The van der Waals surface area contributed by atoms with Gasteiger partial charge in [0, 0.05) is 18.0 Å². The third-order valence-corrected chi connectivity index (χ3v) is 5.04. The predicted octanol–water partition coefficient (Wildman–Crippen LogP) is 2.18. The van der Waals surface area contributed by atoms with Crippen LogP contribution in [0.1, 0.15) is 51.2 Å². The van der Waals surface area contributed by atoms with Crippen molar-refractivity contribution < 1.29 is 14.4 Å². The van der Waals surface area contributed by atoms with Gasteiger partial charge in [-0.1, -0.05) is 31.3 Å². The van der Waals surface area contributed by atoms with Crippen molar-refractivity contribution in [2.75, 3.05) is 18.1 Å². The molecule has 6 heteroatoms. The van der Waals surface area contributed by atoms with E-state index in [4.69, 9.17) is 4.52 Å². The molecular formula is C15H23N3O3. The highest BCUT2D eigenvalue weighted by Gasteiger charge is 2.39. The number of nitrogens with zero attached hydrogens (tertiary/aromatic N) is 2. The average molecular weight is 293 g/mol. The van der Waals surface area contributed by atoms with Crippen LogP contribution in [0.4, 0.5) is 10.6 Å². The van der Waals surface area contributed by atoms with E-state index in [9.17, 15) is 9.90 Å². The fraction of sp³-hybridized carbons (Fsp3) is 0.733. The predicted molar refractivity (Wildman–Crippen MR) is 78.3 cm³/mol. The van der Waals surface area contributed by atoms with Crippen molar-refractivity contribution in [3.63, 3.8) is 0 Å². The van der Waals surface area contributed by atoms with Crippen LogP contribution in [0.3, 0.4) is 0 Å². The number of hydrogen-bond acceptors (Lipinski definition) is 4.